The molecular weight excluding hydrogens is 166 g/mol. The van der Waals surface area contributed by atoms with E-state index < -0.39 is 15.3 Å². The molecule has 0 spiro atoms. The molecule has 1 rings (SSSR count). The topological polar surface area (TPSA) is 78.2 Å². The van der Waals surface area contributed by atoms with Gasteiger partial charge in [0.2, 0.25) is 0 Å². The minimum Gasteiger partial charge on any atom is -0.395 e. The van der Waals surface area contributed by atoms with Crippen molar-refractivity contribution in [3.05, 3.63) is 0 Å². The number of nitrogens with zero attached hydrogens (tertiary/aromatic N) is 1. The highest BCUT2D eigenvalue weighted by Gasteiger charge is 2.42. The highest BCUT2D eigenvalue weighted by atomic mass is 32.2. The third-order valence-corrected chi connectivity index (χ3v) is 3.75. The molecule has 0 aromatic carbocycles. The average molecular weight is 175 g/mol. The normalized spacial score (nSPS) is 34.9. The summed E-state index contributed by atoms with van der Waals surface area (Å²) < 4.78 is 21.8. The lowest BCUT2D eigenvalue weighted by atomic mass is 9.91. The number of aliphatic hydroxyl groups is 1. The van der Waals surface area contributed by atoms with Crippen molar-refractivity contribution in [1.82, 2.24) is 0 Å². The molecule has 1 aliphatic rings. The highest BCUT2D eigenvalue weighted by molar-refractivity contribution is 7.91. The average Bonchev–Trinajstić information content (AvgIpc) is 2.28. The van der Waals surface area contributed by atoms with Gasteiger partial charge in [0.1, 0.15) is 0 Å². The van der Waals surface area contributed by atoms with Crippen molar-refractivity contribution in [2.24, 2.45) is 5.41 Å². The first kappa shape index (κ1) is 8.50. The van der Waals surface area contributed by atoms with Gasteiger partial charge in [-0.05, 0) is 6.42 Å². The maximum Gasteiger partial charge on any atom is 0.152 e. The van der Waals surface area contributed by atoms with E-state index in [4.69, 9.17) is 10.4 Å². The van der Waals surface area contributed by atoms with Crippen LogP contribution >= 0.6 is 0 Å². The van der Waals surface area contributed by atoms with Crippen LogP contribution in [0.25, 0.3) is 0 Å². The molecule has 5 heteroatoms. The molecule has 1 heterocycles. The Kier molecular flexibility index (Phi) is 1.90. The van der Waals surface area contributed by atoms with Crippen LogP contribution < -0.4 is 0 Å². The number of sulfone groups is 1. The van der Waals surface area contributed by atoms with Crippen molar-refractivity contribution in [2.45, 2.75) is 6.42 Å². The van der Waals surface area contributed by atoms with Gasteiger partial charge < -0.3 is 5.11 Å². The van der Waals surface area contributed by atoms with Crippen molar-refractivity contribution in [1.29, 1.82) is 5.26 Å². The molecule has 1 saturated heterocycles. The monoisotopic (exact) mass is 175 g/mol. The highest BCUT2D eigenvalue weighted by Crippen LogP contribution is 2.30. The number of aliphatic hydroxyl groups excluding tert-OH is 1. The first-order valence-corrected chi connectivity index (χ1v) is 5.08. The fourth-order valence-electron chi connectivity index (χ4n) is 1.16. The fraction of sp³-hybridized carbons (Fsp3) is 0.833. The summed E-state index contributed by atoms with van der Waals surface area (Å²) in [6.07, 6.45) is 0.266. The molecule has 0 aromatic rings. The van der Waals surface area contributed by atoms with Crippen LogP contribution in [0.4, 0.5) is 0 Å². The van der Waals surface area contributed by atoms with Crippen molar-refractivity contribution >= 4 is 9.84 Å². The standard InChI is InChI=1S/C6H9NO3S/c7-3-6(4-8)1-2-11(9,10)5-6/h8H,1-2,4-5H2. The molecule has 1 aliphatic heterocycles. The maximum atomic E-state index is 10.9. The number of rotatable bonds is 1. The van der Waals surface area contributed by atoms with E-state index in [1.54, 1.807) is 0 Å². The lowest BCUT2D eigenvalue weighted by Crippen LogP contribution is -2.24. The lowest BCUT2D eigenvalue weighted by molar-refractivity contribution is 0.195. The minimum absolute atomic E-state index is 0.0289. The Balaban J connectivity index is 2.90. The van der Waals surface area contributed by atoms with Gasteiger partial charge in [-0.3, -0.25) is 0 Å². The Labute approximate surface area is 65.4 Å². The zero-order valence-electron chi connectivity index (χ0n) is 5.95. The van der Waals surface area contributed by atoms with Gasteiger partial charge in [0.25, 0.3) is 0 Å². The molecule has 0 aromatic heterocycles. The van der Waals surface area contributed by atoms with E-state index in [1.165, 1.54) is 0 Å². The first-order chi connectivity index (χ1) is 5.04. The van der Waals surface area contributed by atoms with Gasteiger partial charge in [-0.25, -0.2) is 8.42 Å². The van der Waals surface area contributed by atoms with E-state index in [1.807, 2.05) is 6.07 Å². The quantitative estimate of drug-likeness (QED) is 0.572. The van der Waals surface area contributed by atoms with Crippen LogP contribution in [0.2, 0.25) is 0 Å². The van der Waals surface area contributed by atoms with E-state index in [0.29, 0.717) is 0 Å². The van der Waals surface area contributed by atoms with Crippen molar-refractivity contribution < 1.29 is 13.5 Å². The third kappa shape index (κ3) is 1.52. The second-order valence-corrected chi connectivity index (χ2v) is 5.08. The van der Waals surface area contributed by atoms with Crippen molar-refractivity contribution in [3.63, 3.8) is 0 Å². The Bertz CT molecular complexity index is 289. The smallest absolute Gasteiger partial charge is 0.152 e. The largest absolute Gasteiger partial charge is 0.395 e. The summed E-state index contributed by atoms with van der Waals surface area (Å²) in [5, 5.41) is 17.3. The summed E-state index contributed by atoms with van der Waals surface area (Å²) in [5.41, 5.74) is -1.02. The van der Waals surface area contributed by atoms with Crippen LogP contribution in [-0.4, -0.2) is 31.6 Å². The van der Waals surface area contributed by atoms with Gasteiger partial charge in [-0.2, -0.15) is 5.26 Å². The van der Waals surface area contributed by atoms with E-state index in [0.717, 1.165) is 0 Å². The van der Waals surface area contributed by atoms with Gasteiger partial charge in [-0.15, -0.1) is 0 Å². The summed E-state index contributed by atoms with van der Waals surface area (Å²) in [4.78, 5) is 0. The Morgan fingerprint density at radius 3 is 2.45 bits per heavy atom. The zero-order valence-corrected chi connectivity index (χ0v) is 6.76. The van der Waals surface area contributed by atoms with E-state index in [9.17, 15) is 8.42 Å². The Morgan fingerprint density at radius 1 is 1.64 bits per heavy atom. The predicted molar refractivity (Wildman–Crippen MR) is 38.4 cm³/mol. The molecule has 0 saturated carbocycles. The molecule has 11 heavy (non-hydrogen) atoms. The van der Waals surface area contributed by atoms with Crippen LogP contribution in [0, 0.1) is 16.7 Å². The molecule has 0 radical (unpaired) electrons. The van der Waals surface area contributed by atoms with E-state index in [-0.39, 0.29) is 24.5 Å². The number of hydrogen-bond acceptors (Lipinski definition) is 4. The van der Waals surface area contributed by atoms with E-state index >= 15 is 0 Å². The number of hydrogen-bond donors (Lipinski definition) is 1. The Morgan fingerprint density at radius 2 is 2.27 bits per heavy atom. The van der Waals surface area contributed by atoms with Crippen molar-refractivity contribution in [2.75, 3.05) is 18.1 Å². The molecule has 62 valence electrons. The third-order valence-electron chi connectivity index (χ3n) is 1.93. The molecule has 1 N–H and O–H groups in total. The van der Waals surface area contributed by atoms with E-state index in [2.05, 4.69) is 0 Å². The number of nitriles is 1. The second-order valence-electron chi connectivity index (χ2n) is 2.89. The molecule has 1 unspecified atom stereocenters. The van der Waals surface area contributed by atoms with Crippen LogP contribution in [0.3, 0.4) is 0 Å². The van der Waals surface area contributed by atoms with Crippen LogP contribution in [0.1, 0.15) is 6.42 Å². The van der Waals surface area contributed by atoms with Crippen molar-refractivity contribution in [3.8, 4) is 6.07 Å². The zero-order chi connectivity index (χ0) is 8.54. The van der Waals surface area contributed by atoms with Crippen LogP contribution in [-0.2, 0) is 9.84 Å². The fourth-order valence-corrected chi connectivity index (χ4v) is 3.15. The molecule has 4 nitrogen and oxygen atoms in total. The van der Waals surface area contributed by atoms with Gasteiger partial charge in [-0.1, -0.05) is 0 Å². The van der Waals surface area contributed by atoms with Gasteiger partial charge in [0, 0.05) is 0 Å². The van der Waals surface area contributed by atoms with Gasteiger partial charge >= 0.3 is 0 Å². The predicted octanol–water partition coefficient (Wildman–Crippen LogP) is -0.693. The van der Waals surface area contributed by atoms with Gasteiger partial charge in [0.15, 0.2) is 9.84 Å². The summed E-state index contributed by atoms with van der Waals surface area (Å²) in [5.74, 6) is -0.159. The molecule has 1 fully saturated rings. The summed E-state index contributed by atoms with van der Waals surface area (Å²) >= 11 is 0. The molecule has 0 bridgehead atoms. The van der Waals surface area contributed by atoms with Crippen LogP contribution in [0.5, 0.6) is 0 Å². The maximum absolute atomic E-state index is 10.9. The van der Waals surface area contributed by atoms with Crippen LogP contribution in [0.15, 0.2) is 0 Å². The summed E-state index contributed by atoms with van der Waals surface area (Å²) in [6, 6.07) is 1.85. The second kappa shape index (κ2) is 2.47. The minimum atomic E-state index is -3.06. The SMILES string of the molecule is N#CC1(CO)CCS(=O)(=O)C1. The molecule has 1 atom stereocenters. The van der Waals surface area contributed by atoms with Gasteiger partial charge in [0.05, 0.1) is 29.6 Å². The molecule has 0 aliphatic carbocycles. The molecular formula is C6H9NO3S. The first-order valence-electron chi connectivity index (χ1n) is 3.26. The Hall–Kier alpha value is -0.600. The lowest BCUT2D eigenvalue weighted by Gasteiger charge is -2.12. The summed E-state index contributed by atoms with van der Waals surface area (Å²) in [6.45, 7) is -0.358. The summed E-state index contributed by atoms with van der Waals surface area (Å²) in [7, 11) is -3.06. The molecule has 0 amide bonds.